The van der Waals surface area contributed by atoms with Crippen LogP contribution >= 0.6 is 0 Å². The van der Waals surface area contributed by atoms with E-state index in [4.69, 9.17) is 4.74 Å². The number of nitrogens with one attached hydrogen (secondary N) is 1. The van der Waals surface area contributed by atoms with Gasteiger partial charge in [-0.1, -0.05) is 6.07 Å². The molecule has 0 aliphatic carbocycles. The van der Waals surface area contributed by atoms with E-state index in [2.05, 4.69) is 10.3 Å². The summed E-state index contributed by atoms with van der Waals surface area (Å²) in [5, 5.41) is 2.68. The number of carbonyl (C=O) groups excluding carboxylic acids is 2. The smallest absolute Gasteiger partial charge is 0.420 e. The molecule has 0 bridgehead atoms. The number of carbonyl (C=O) groups is 2. The zero-order valence-electron chi connectivity index (χ0n) is 11.9. The van der Waals surface area contributed by atoms with Gasteiger partial charge >= 0.3 is 6.09 Å². The Bertz CT molecular complexity index is 668. The molecule has 1 aromatic carbocycles. The minimum atomic E-state index is -0.580. The monoisotopic (exact) mass is 275 g/mol. The zero-order valence-corrected chi connectivity index (χ0v) is 11.9. The van der Waals surface area contributed by atoms with Crippen LogP contribution in [0, 0.1) is 0 Å². The van der Waals surface area contributed by atoms with Gasteiger partial charge in [0, 0.05) is 6.92 Å². The SMILES string of the molecule is CC(=O)Nc1cccc2c1ncn2C(=O)OC(C)(C)C. The second-order valence-corrected chi connectivity index (χ2v) is 5.45. The van der Waals surface area contributed by atoms with Crippen molar-refractivity contribution in [2.75, 3.05) is 5.32 Å². The van der Waals surface area contributed by atoms with Crippen LogP contribution in [0.1, 0.15) is 27.7 Å². The van der Waals surface area contributed by atoms with Gasteiger partial charge in [-0.05, 0) is 32.9 Å². The van der Waals surface area contributed by atoms with E-state index in [1.807, 2.05) is 0 Å². The van der Waals surface area contributed by atoms with Crippen LogP contribution in [0.3, 0.4) is 0 Å². The molecule has 0 fully saturated rings. The minimum absolute atomic E-state index is 0.190. The number of anilines is 1. The summed E-state index contributed by atoms with van der Waals surface area (Å²) in [7, 11) is 0. The van der Waals surface area contributed by atoms with Crippen molar-refractivity contribution in [3.8, 4) is 0 Å². The fourth-order valence-corrected chi connectivity index (χ4v) is 1.79. The molecule has 0 saturated carbocycles. The van der Waals surface area contributed by atoms with Gasteiger partial charge in [0.1, 0.15) is 17.4 Å². The summed E-state index contributed by atoms with van der Waals surface area (Å²) < 4.78 is 6.63. The normalized spacial score (nSPS) is 11.4. The molecule has 0 unspecified atom stereocenters. The number of amides is 1. The Hall–Kier alpha value is -2.37. The number of nitrogens with zero attached hydrogens (tertiary/aromatic N) is 2. The van der Waals surface area contributed by atoms with E-state index in [1.165, 1.54) is 17.8 Å². The number of aromatic nitrogens is 2. The number of benzene rings is 1. The van der Waals surface area contributed by atoms with Crippen molar-refractivity contribution < 1.29 is 14.3 Å². The van der Waals surface area contributed by atoms with Crippen LogP contribution in [-0.4, -0.2) is 27.2 Å². The van der Waals surface area contributed by atoms with Gasteiger partial charge in [-0.3, -0.25) is 4.79 Å². The van der Waals surface area contributed by atoms with Crippen LogP contribution in [0.5, 0.6) is 0 Å². The highest BCUT2D eigenvalue weighted by atomic mass is 16.6. The van der Waals surface area contributed by atoms with Crippen molar-refractivity contribution in [1.82, 2.24) is 9.55 Å². The maximum Gasteiger partial charge on any atom is 0.420 e. The largest absolute Gasteiger partial charge is 0.443 e. The summed E-state index contributed by atoms with van der Waals surface area (Å²) in [5.74, 6) is -0.190. The number of para-hydroxylation sites is 1. The number of fused-ring (bicyclic) bond motifs is 1. The highest BCUT2D eigenvalue weighted by Crippen LogP contribution is 2.22. The lowest BCUT2D eigenvalue weighted by molar-refractivity contribution is -0.114. The van der Waals surface area contributed by atoms with Crippen LogP contribution in [0.15, 0.2) is 24.5 Å². The third-order valence-electron chi connectivity index (χ3n) is 2.48. The molecule has 1 N–H and O–H groups in total. The predicted octanol–water partition coefficient (Wildman–Crippen LogP) is 2.78. The van der Waals surface area contributed by atoms with Crippen LogP contribution in [0.4, 0.5) is 10.5 Å². The van der Waals surface area contributed by atoms with Gasteiger partial charge in [-0.2, -0.15) is 0 Å². The summed E-state index contributed by atoms with van der Waals surface area (Å²) in [6.07, 6.45) is 0.893. The number of ether oxygens (including phenoxy) is 1. The van der Waals surface area contributed by atoms with Gasteiger partial charge < -0.3 is 10.1 Å². The van der Waals surface area contributed by atoms with Crippen LogP contribution in [0.2, 0.25) is 0 Å². The Labute approximate surface area is 116 Å². The van der Waals surface area contributed by atoms with Gasteiger partial charge in [0.2, 0.25) is 5.91 Å². The second kappa shape index (κ2) is 4.96. The molecule has 6 nitrogen and oxygen atoms in total. The summed E-state index contributed by atoms with van der Waals surface area (Å²) in [6.45, 7) is 6.82. The Morgan fingerprint density at radius 3 is 2.60 bits per heavy atom. The summed E-state index contributed by atoms with van der Waals surface area (Å²) >= 11 is 0. The molecule has 20 heavy (non-hydrogen) atoms. The lowest BCUT2D eigenvalue weighted by Crippen LogP contribution is -2.26. The minimum Gasteiger partial charge on any atom is -0.443 e. The van der Waals surface area contributed by atoms with Crippen molar-refractivity contribution in [1.29, 1.82) is 0 Å². The van der Waals surface area contributed by atoms with Crippen molar-refractivity contribution >= 4 is 28.7 Å². The topological polar surface area (TPSA) is 73.2 Å². The molecule has 0 spiro atoms. The third kappa shape index (κ3) is 2.96. The van der Waals surface area contributed by atoms with Crippen LogP contribution in [-0.2, 0) is 9.53 Å². The first kappa shape index (κ1) is 14.0. The molecule has 0 saturated heterocycles. The fourth-order valence-electron chi connectivity index (χ4n) is 1.79. The Morgan fingerprint density at radius 2 is 2.00 bits per heavy atom. The maximum absolute atomic E-state index is 12.1. The molecule has 0 aliphatic rings. The molecular weight excluding hydrogens is 258 g/mol. The number of imidazole rings is 1. The van der Waals surface area contributed by atoms with Gasteiger partial charge in [0.15, 0.2) is 0 Å². The molecule has 1 aromatic heterocycles. The molecule has 2 rings (SSSR count). The highest BCUT2D eigenvalue weighted by Gasteiger charge is 2.20. The van der Waals surface area contributed by atoms with E-state index >= 15 is 0 Å². The summed E-state index contributed by atoms with van der Waals surface area (Å²) in [6, 6.07) is 5.23. The first-order chi connectivity index (χ1) is 9.28. The van der Waals surface area contributed by atoms with E-state index in [0.717, 1.165) is 0 Å². The van der Waals surface area contributed by atoms with Crippen LogP contribution in [0.25, 0.3) is 11.0 Å². The van der Waals surface area contributed by atoms with E-state index in [9.17, 15) is 9.59 Å². The van der Waals surface area contributed by atoms with Crippen LogP contribution < -0.4 is 5.32 Å². The van der Waals surface area contributed by atoms with Crippen molar-refractivity contribution in [2.45, 2.75) is 33.3 Å². The Morgan fingerprint density at radius 1 is 1.30 bits per heavy atom. The Kier molecular flexibility index (Phi) is 3.48. The molecule has 2 aromatic rings. The predicted molar refractivity (Wildman–Crippen MR) is 75.7 cm³/mol. The average Bonchev–Trinajstić information content (AvgIpc) is 2.70. The van der Waals surface area contributed by atoms with E-state index in [-0.39, 0.29) is 5.91 Å². The number of rotatable bonds is 1. The fraction of sp³-hybridized carbons (Fsp3) is 0.357. The summed E-state index contributed by atoms with van der Waals surface area (Å²) in [4.78, 5) is 27.4. The number of hydrogen-bond donors (Lipinski definition) is 1. The van der Waals surface area contributed by atoms with Crippen molar-refractivity contribution in [3.63, 3.8) is 0 Å². The van der Waals surface area contributed by atoms with E-state index in [1.54, 1.807) is 39.0 Å². The van der Waals surface area contributed by atoms with Crippen molar-refractivity contribution in [2.24, 2.45) is 0 Å². The van der Waals surface area contributed by atoms with E-state index < -0.39 is 11.7 Å². The van der Waals surface area contributed by atoms with Gasteiger partial charge in [0.05, 0.1) is 11.2 Å². The molecule has 106 valence electrons. The van der Waals surface area contributed by atoms with Gasteiger partial charge in [-0.15, -0.1) is 0 Å². The quantitative estimate of drug-likeness (QED) is 0.868. The van der Waals surface area contributed by atoms with E-state index in [0.29, 0.717) is 16.7 Å². The molecule has 0 atom stereocenters. The zero-order chi connectivity index (χ0) is 14.9. The first-order valence-electron chi connectivity index (χ1n) is 6.25. The lowest BCUT2D eigenvalue weighted by atomic mass is 10.2. The first-order valence-corrected chi connectivity index (χ1v) is 6.25. The van der Waals surface area contributed by atoms with Gasteiger partial charge in [-0.25, -0.2) is 14.3 Å². The molecule has 6 heteroatoms. The summed E-state index contributed by atoms with van der Waals surface area (Å²) in [5.41, 5.74) is 1.12. The second-order valence-electron chi connectivity index (χ2n) is 5.45. The molecule has 1 heterocycles. The average molecular weight is 275 g/mol. The molecular formula is C14H17N3O3. The van der Waals surface area contributed by atoms with Gasteiger partial charge in [0.25, 0.3) is 0 Å². The van der Waals surface area contributed by atoms with Crippen molar-refractivity contribution in [3.05, 3.63) is 24.5 Å². The third-order valence-corrected chi connectivity index (χ3v) is 2.48. The maximum atomic E-state index is 12.1. The Balaban J connectivity index is 2.42. The number of hydrogen-bond acceptors (Lipinski definition) is 4. The molecule has 1 amide bonds. The standard InChI is InChI=1S/C14H17N3O3/c1-9(18)16-10-6-5-7-11-12(10)15-8-17(11)13(19)20-14(2,3)4/h5-8H,1-4H3,(H,16,18). The lowest BCUT2D eigenvalue weighted by Gasteiger charge is -2.19. The molecule has 0 aliphatic heterocycles. The highest BCUT2D eigenvalue weighted by molar-refractivity contribution is 6.00. The molecule has 0 radical (unpaired) electrons.